The summed E-state index contributed by atoms with van der Waals surface area (Å²) >= 11 is 0. The van der Waals surface area contributed by atoms with Crippen LogP contribution in [0.1, 0.15) is 39.0 Å². The number of carbonyl (C=O) groups is 1. The molecule has 0 saturated heterocycles. The highest BCUT2D eigenvalue weighted by Crippen LogP contribution is 2.49. The quantitative estimate of drug-likeness (QED) is 0.759. The molecule has 1 N–H and O–H groups in total. The van der Waals surface area contributed by atoms with Crippen LogP contribution in [0, 0.1) is 17.8 Å². The highest BCUT2D eigenvalue weighted by molar-refractivity contribution is 5.79. The SMILES string of the molecule is C[C@@H]([C]=O)NC(=O)CC1CC2CCC1C2. The lowest BCUT2D eigenvalue weighted by Crippen LogP contribution is -2.35. The van der Waals surface area contributed by atoms with Gasteiger partial charge in [0.2, 0.25) is 12.2 Å². The zero-order valence-corrected chi connectivity index (χ0v) is 9.16. The van der Waals surface area contributed by atoms with E-state index in [0.717, 1.165) is 11.8 Å². The Morgan fingerprint density at radius 3 is 2.80 bits per heavy atom. The van der Waals surface area contributed by atoms with Gasteiger partial charge in [-0.05, 0) is 43.9 Å². The molecule has 3 nitrogen and oxygen atoms in total. The maximum atomic E-state index is 11.6. The van der Waals surface area contributed by atoms with Gasteiger partial charge in [0.25, 0.3) is 0 Å². The second-order valence-corrected chi connectivity index (χ2v) is 5.05. The van der Waals surface area contributed by atoms with Crippen molar-refractivity contribution in [2.24, 2.45) is 17.8 Å². The Kier molecular flexibility index (Phi) is 3.08. The molecule has 2 aliphatic rings. The molecule has 1 amide bonds. The molecule has 2 saturated carbocycles. The van der Waals surface area contributed by atoms with Crippen LogP contribution in [-0.2, 0) is 9.59 Å². The monoisotopic (exact) mass is 208 g/mol. The van der Waals surface area contributed by atoms with Crippen molar-refractivity contribution in [3.05, 3.63) is 0 Å². The highest BCUT2D eigenvalue weighted by Gasteiger charge is 2.40. The molecule has 0 heterocycles. The normalized spacial score (nSPS) is 35.1. The van der Waals surface area contributed by atoms with Crippen LogP contribution in [0.4, 0.5) is 0 Å². The van der Waals surface area contributed by atoms with Crippen LogP contribution in [0.3, 0.4) is 0 Å². The lowest BCUT2D eigenvalue weighted by molar-refractivity contribution is -0.122. The molecule has 0 aromatic carbocycles. The van der Waals surface area contributed by atoms with E-state index in [1.54, 1.807) is 13.2 Å². The van der Waals surface area contributed by atoms with Crippen LogP contribution in [0.15, 0.2) is 0 Å². The van der Waals surface area contributed by atoms with Crippen molar-refractivity contribution >= 4 is 12.2 Å². The van der Waals surface area contributed by atoms with E-state index in [1.807, 2.05) is 0 Å². The van der Waals surface area contributed by atoms with Crippen molar-refractivity contribution in [3.8, 4) is 0 Å². The standard InChI is InChI=1S/C12H18NO2/c1-8(7-14)13-12(15)6-11-5-9-2-3-10(11)4-9/h8-11H,2-6H2,1H3,(H,13,15)/t8-,9?,10?,11?/m0/s1. The molecule has 0 aliphatic heterocycles. The number of hydrogen-bond acceptors (Lipinski definition) is 2. The van der Waals surface area contributed by atoms with Gasteiger partial charge in [0.05, 0.1) is 6.04 Å². The first kappa shape index (κ1) is 10.7. The summed E-state index contributed by atoms with van der Waals surface area (Å²) in [6.07, 6.45) is 7.59. The van der Waals surface area contributed by atoms with E-state index in [1.165, 1.54) is 25.7 Å². The van der Waals surface area contributed by atoms with Crippen LogP contribution in [0.5, 0.6) is 0 Å². The van der Waals surface area contributed by atoms with Gasteiger partial charge in [-0.2, -0.15) is 0 Å². The Hall–Kier alpha value is -0.860. The Bertz CT molecular complexity index is 264. The van der Waals surface area contributed by atoms with Gasteiger partial charge < -0.3 is 5.32 Å². The maximum Gasteiger partial charge on any atom is 0.222 e. The molecule has 3 heteroatoms. The fraction of sp³-hybridized carbons (Fsp3) is 0.833. The molecule has 1 radical (unpaired) electrons. The van der Waals surface area contributed by atoms with Gasteiger partial charge in [0.15, 0.2) is 0 Å². The fourth-order valence-electron chi connectivity index (χ4n) is 3.19. The minimum Gasteiger partial charge on any atom is -0.346 e. The second-order valence-electron chi connectivity index (χ2n) is 5.05. The predicted octanol–water partition coefficient (Wildman–Crippen LogP) is 1.43. The smallest absolute Gasteiger partial charge is 0.222 e. The van der Waals surface area contributed by atoms with E-state index < -0.39 is 6.04 Å². The number of nitrogens with one attached hydrogen (secondary N) is 1. The Labute approximate surface area is 90.6 Å². The number of carbonyl (C=O) groups excluding carboxylic acids is 2. The molecule has 2 bridgehead atoms. The minimum absolute atomic E-state index is 0.0170. The van der Waals surface area contributed by atoms with Crippen molar-refractivity contribution in [1.82, 2.24) is 5.32 Å². The molecule has 4 atom stereocenters. The third kappa shape index (κ3) is 2.39. The molecule has 15 heavy (non-hydrogen) atoms. The predicted molar refractivity (Wildman–Crippen MR) is 56.9 cm³/mol. The number of amides is 1. The van der Waals surface area contributed by atoms with E-state index in [0.29, 0.717) is 12.3 Å². The summed E-state index contributed by atoms with van der Waals surface area (Å²) in [5.74, 6) is 2.24. The largest absolute Gasteiger partial charge is 0.346 e. The molecule has 0 spiro atoms. The topological polar surface area (TPSA) is 46.2 Å². The lowest BCUT2D eigenvalue weighted by Gasteiger charge is -2.21. The minimum atomic E-state index is -0.462. The van der Waals surface area contributed by atoms with E-state index in [9.17, 15) is 9.59 Å². The van der Waals surface area contributed by atoms with Crippen LogP contribution >= 0.6 is 0 Å². The van der Waals surface area contributed by atoms with E-state index in [4.69, 9.17) is 0 Å². The summed E-state index contributed by atoms with van der Waals surface area (Å²) in [4.78, 5) is 21.8. The summed E-state index contributed by atoms with van der Waals surface area (Å²) in [5.41, 5.74) is 0. The van der Waals surface area contributed by atoms with Gasteiger partial charge in [-0.15, -0.1) is 0 Å². The van der Waals surface area contributed by atoms with Crippen molar-refractivity contribution < 1.29 is 9.59 Å². The van der Waals surface area contributed by atoms with Crippen molar-refractivity contribution in [2.75, 3.05) is 0 Å². The number of fused-ring (bicyclic) bond motifs is 2. The molecular weight excluding hydrogens is 190 g/mol. The summed E-state index contributed by atoms with van der Waals surface area (Å²) in [7, 11) is 0. The zero-order valence-electron chi connectivity index (χ0n) is 9.16. The third-order valence-corrected chi connectivity index (χ3v) is 3.89. The number of rotatable bonds is 4. The summed E-state index contributed by atoms with van der Waals surface area (Å²) < 4.78 is 0. The van der Waals surface area contributed by atoms with Gasteiger partial charge in [0, 0.05) is 6.42 Å². The van der Waals surface area contributed by atoms with Gasteiger partial charge in [-0.25, -0.2) is 0 Å². The zero-order chi connectivity index (χ0) is 10.8. The summed E-state index contributed by atoms with van der Waals surface area (Å²) in [6, 6.07) is -0.462. The average molecular weight is 208 g/mol. The Morgan fingerprint density at radius 1 is 1.47 bits per heavy atom. The Morgan fingerprint density at radius 2 is 2.27 bits per heavy atom. The fourth-order valence-corrected chi connectivity index (χ4v) is 3.19. The average Bonchev–Trinajstić information content (AvgIpc) is 2.78. The molecule has 0 aromatic heterocycles. The lowest BCUT2D eigenvalue weighted by atomic mass is 9.86. The maximum absolute atomic E-state index is 11.6. The van der Waals surface area contributed by atoms with E-state index in [-0.39, 0.29) is 5.91 Å². The van der Waals surface area contributed by atoms with Crippen molar-refractivity contribution in [3.63, 3.8) is 0 Å². The van der Waals surface area contributed by atoms with Crippen LogP contribution in [0.2, 0.25) is 0 Å². The first-order valence-corrected chi connectivity index (χ1v) is 5.86. The van der Waals surface area contributed by atoms with Gasteiger partial charge >= 0.3 is 0 Å². The van der Waals surface area contributed by atoms with Gasteiger partial charge in [0.1, 0.15) is 0 Å². The van der Waals surface area contributed by atoms with E-state index >= 15 is 0 Å². The molecule has 2 aliphatic carbocycles. The van der Waals surface area contributed by atoms with Gasteiger partial charge in [-0.1, -0.05) is 6.42 Å². The van der Waals surface area contributed by atoms with Crippen LogP contribution < -0.4 is 5.32 Å². The third-order valence-electron chi connectivity index (χ3n) is 3.89. The first-order chi connectivity index (χ1) is 7.19. The Balaban J connectivity index is 1.77. The second kappa shape index (κ2) is 4.33. The summed E-state index contributed by atoms with van der Waals surface area (Å²) in [6.45, 7) is 1.66. The van der Waals surface area contributed by atoms with Gasteiger partial charge in [-0.3, -0.25) is 9.59 Å². The molecule has 3 unspecified atom stereocenters. The first-order valence-electron chi connectivity index (χ1n) is 5.86. The number of hydrogen-bond donors (Lipinski definition) is 1. The van der Waals surface area contributed by atoms with Crippen molar-refractivity contribution in [1.29, 1.82) is 0 Å². The van der Waals surface area contributed by atoms with Crippen LogP contribution in [-0.4, -0.2) is 18.2 Å². The highest BCUT2D eigenvalue weighted by atomic mass is 16.2. The molecule has 2 rings (SSSR count). The summed E-state index contributed by atoms with van der Waals surface area (Å²) in [5, 5.41) is 2.65. The van der Waals surface area contributed by atoms with E-state index in [2.05, 4.69) is 5.32 Å². The van der Waals surface area contributed by atoms with Crippen LogP contribution in [0.25, 0.3) is 0 Å². The van der Waals surface area contributed by atoms with Crippen molar-refractivity contribution in [2.45, 2.75) is 45.1 Å². The molecular formula is C12H18NO2. The molecule has 83 valence electrons. The molecule has 2 fully saturated rings. The molecule has 0 aromatic rings.